The fraction of sp³-hybridized carbons (Fsp3) is 0.438. The van der Waals surface area contributed by atoms with Gasteiger partial charge >= 0.3 is 0 Å². The first-order chi connectivity index (χ1) is 11.9. The number of hydrogen-bond donors (Lipinski definition) is 1. The summed E-state index contributed by atoms with van der Waals surface area (Å²) in [6.45, 7) is 2.47. The number of nitrogens with one attached hydrogen (secondary N) is 1. The zero-order valence-corrected chi connectivity index (χ0v) is 15.5. The highest BCUT2D eigenvalue weighted by molar-refractivity contribution is 7.88. The minimum atomic E-state index is -3.44. The maximum Gasteiger partial charge on any atom is 0.230 e. The van der Waals surface area contributed by atoms with Gasteiger partial charge in [-0.15, -0.1) is 10.2 Å². The summed E-state index contributed by atoms with van der Waals surface area (Å²) in [5.74, 6) is -0.614. The summed E-state index contributed by atoms with van der Waals surface area (Å²) >= 11 is 1.30. The molecule has 2 aromatic rings. The lowest BCUT2D eigenvalue weighted by atomic mass is 9.99. The van der Waals surface area contributed by atoms with E-state index in [0.29, 0.717) is 24.5 Å². The molecule has 3 rings (SSSR count). The Morgan fingerprint density at radius 1 is 1.32 bits per heavy atom. The standard InChI is InChI=1S/C16H20N4O3S2/c1-12-18-19-16(24-12)17-15(21)14-8-5-9-20(10-14)25(22,23)11-13-6-3-2-4-7-13/h2-4,6-7,14H,5,8-11H2,1H3,(H,17,19,21)/t14-/m0/s1. The number of aryl methyl sites for hydroxylation is 1. The smallest absolute Gasteiger partial charge is 0.230 e. The molecule has 1 aliphatic heterocycles. The number of piperidine rings is 1. The van der Waals surface area contributed by atoms with Crippen LogP contribution >= 0.6 is 11.3 Å². The molecule has 1 atom stereocenters. The van der Waals surface area contributed by atoms with Crippen molar-refractivity contribution in [3.63, 3.8) is 0 Å². The van der Waals surface area contributed by atoms with Gasteiger partial charge in [0, 0.05) is 13.1 Å². The molecule has 1 aromatic carbocycles. The van der Waals surface area contributed by atoms with Crippen LogP contribution in [0.15, 0.2) is 30.3 Å². The zero-order valence-electron chi connectivity index (χ0n) is 13.9. The van der Waals surface area contributed by atoms with E-state index in [1.54, 1.807) is 12.1 Å². The average Bonchev–Trinajstić information content (AvgIpc) is 3.00. The Bertz CT molecular complexity index is 836. The SMILES string of the molecule is Cc1nnc(NC(=O)[C@H]2CCCN(S(=O)(=O)Cc3ccccc3)C2)s1. The van der Waals surface area contributed by atoms with Gasteiger partial charge < -0.3 is 5.32 Å². The van der Waals surface area contributed by atoms with Crippen molar-refractivity contribution in [1.29, 1.82) is 0 Å². The third kappa shape index (κ3) is 4.62. The van der Waals surface area contributed by atoms with Gasteiger partial charge in [-0.25, -0.2) is 12.7 Å². The summed E-state index contributed by atoms with van der Waals surface area (Å²) in [6, 6.07) is 9.09. The molecule has 0 radical (unpaired) electrons. The molecule has 7 nitrogen and oxygen atoms in total. The summed E-state index contributed by atoms with van der Waals surface area (Å²) < 4.78 is 26.7. The van der Waals surface area contributed by atoms with E-state index in [0.717, 1.165) is 10.6 Å². The van der Waals surface area contributed by atoms with E-state index in [2.05, 4.69) is 15.5 Å². The number of amides is 1. The maximum absolute atomic E-state index is 12.7. The van der Waals surface area contributed by atoms with Gasteiger partial charge in [-0.05, 0) is 25.3 Å². The van der Waals surface area contributed by atoms with Crippen molar-refractivity contribution in [2.24, 2.45) is 5.92 Å². The molecule has 1 amide bonds. The molecule has 0 saturated carbocycles. The number of rotatable bonds is 5. The fourth-order valence-electron chi connectivity index (χ4n) is 2.84. The molecule has 1 aromatic heterocycles. The fourth-order valence-corrected chi connectivity index (χ4v) is 5.05. The summed E-state index contributed by atoms with van der Waals surface area (Å²) in [7, 11) is -3.44. The monoisotopic (exact) mass is 380 g/mol. The molecule has 2 heterocycles. The number of hydrogen-bond acceptors (Lipinski definition) is 6. The Balaban J connectivity index is 1.64. The Morgan fingerprint density at radius 2 is 2.08 bits per heavy atom. The van der Waals surface area contributed by atoms with Gasteiger partial charge in [0.1, 0.15) is 5.01 Å². The van der Waals surface area contributed by atoms with Crippen molar-refractivity contribution in [3.8, 4) is 0 Å². The van der Waals surface area contributed by atoms with Crippen molar-refractivity contribution < 1.29 is 13.2 Å². The topological polar surface area (TPSA) is 92.3 Å². The molecule has 9 heteroatoms. The van der Waals surface area contributed by atoms with Crippen molar-refractivity contribution in [2.75, 3.05) is 18.4 Å². The molecular formula is C16H20N4O3S2. The number of nitrogens with zero attached hydrogens (tertiary/aromatic N) is 3. The number of benzene rings is 1. The number of anilines is 1. The molecule has 1 fully saturated rings. The second-order valence-corrected chi connectivity index (χ2v) is 9.21. The number of carbonyl (C=O) groups is 1. The lowest BCUT2D eigenvalue weighted by molar-refractivity contribution is -0.120. The first-order valence-corrected chi connectivity index (χ1v) is 10.5. The quantitative estimate of drug-likeness (QED) is 0.857. The van der Waals surface area contributed by atoms with Gasteiger partial charge in [-0.3, -0.25) is 4.79 Å². The molecule has 0 unspecified atom stereocenters. The molecule has 1 N–H and O–H groups in total. The normalized spacial score (nSPS) is 18.8. The Kier molecular flexibility index (Phi) is 5.45. The molecular weight excluding hydrogens is 360 g/mol. The zero-order chi connectivity index (χ0) is 17.9. The van der Waals surface area contributed by atoms with E-state index in [-0.39, 0.29) is 24.1 Å². The molecule has 0 bridgehead atoms. The highest BCUT2D eigenvalue weighted by Crippen LogP contribution is 2.23. The third-order valence-corrected chi connectivity index (χ3v) is 6.67. The van der Waals surface area contributed by atoms with Crippen LogP contribution in [0.25, 0.3) is 0 Å². The molecule has 25 heavy (non-hydrogen) atoms. The summed E-state index contributed by atoms with van der Waals surface area (Å²) in [5, 5.41) is 11.7. The highest BCUT2D eigenvalue weighted by Gasteiger charge is 2.32. The van der Waals surface area contributed by atoms with Gasteiger partial charge in [-0.1, -0.05) is 41.7 Å². The van der Waals surface area contributed by atoms with Crippen LogP contribution in [0.4, 0.5) is 5.13 Å². The lowest BCUT2D eigenvalue weighted by Crippen LogP contribution is -2.44. The first kappa shape index (κ1) is 18.0. The van der Waals surface area contributed by atoms with Crippen molar-refractivity contribution >= 4 is 32.4 Å². The predicted octanol–water partition coefficient (Wildman–Crippen LogP) is 2.03. The van der Waals surface area contributed by atoms with Gasteiger partial charge in [-0.2, -0.15) is 0 Å². The Hall–Kier alpha value is -1.84. The average molecular weight is 380 g/mol. The number of carbonyl (C=O) groups excluding carboxylic acids is 1. The van der Waals surface area contributed by atoms with Crippen molar-refractivity contribution in [3.05, 3.63) is 40.9 Å². The van der Waals surface area contributed by atoms with Crippen molar-refractivity contribution in [1.82, 2.24) is 14.5 Å². The molecule has 1 saturated heterocycles. The van der Waals surface area contributed by atoms with E-state index in [1.165, 1.54) is 15.6 Å². The van der Waals surface area contributed by atoms with Gasteiger partial charge in [0.15, 0.2) is 0 Å². The number of aromatic nitrogens is 2. The summed E-state index contributed by atoms with van der Waals surface area (Å²) in [6.07, 6.45) is 1.34. The van der Waals surface area contributed by atoms with E-state index in [1.807, 2.05) is 25.1 Å². The lowest BCUT2D eigenvalue weighted by Gasteiger charge is -2.31. The second kappa shape index (κ2) is 7.59. The van der Waals surface area contributed by atoms with Gasteiger partial charge in [0.25, 0.3) is 0 Å². The van der Waals surface area contributed by atoms with Crippen LogP contribution in [0.5, 0.6) is 0 Å². The van der Waals surface area contributed by atoms with Crippen LogP contribution in [0.3, 0.4) is 0 Å². The van der Waals surface area contributed by atoms with Gasteiger partial charge in [0.2, 0.25) is 21.1 Å². The highest BCUT2D eigenvalue weighted by atomic mass is 32.2. The predicted molar refractivity (Wildman–Crippen MR) is 96.6 cm³/mol. The minimum Gasteiger partial charge on any atom is -0.300 e. The molecule has 134 valence electrons. The van der Waals surface area contributed by atoms with E-state index in [9.17, 15) is 13.2 Å². The van der Waals surface area contributed by atoms with Crippen LogP contribution in [0.1, 0.15) is 23.4 Å². The first-order valence-electron chi connectivity index (χ1n) is 8.07. The Morgan fingerprint density at radius 3 is 2.76 bits per heavy atom. The van der Waals surface area contributed by atoms with E-state index in [4.69, 9.17) is 0 Å². The van der Waals surface area contributed by atoms with Gasteiger partial charge in [0.05, 0.1) is 11.7 Å². The summed E-state index contributed by atoms with van der Waals surface area (Å²) in [4.78, 5) is 12.4. The number of sulfonamides is 1. The summed E-state index contributed by atoms with van der Waals surface area (Å²) in [5.41, 5.74) is 0.749. The third-order valence-electron chi connectivity index (χ3n) is 4.10. The molecule has 0 aliphatic carbocycles. The van der Waals surface area contributed by atoms with E-state index < -0.39 is 10.0 Å². The second-order valence-electron chi connectivity index (χ2n) is 6.05. The van der Waals surface area contributed by atoms with Crippen LogP contribution < -0.4 is 5.32 Å². The van der Waals surface area contributed by atoms with Crippen LogP contribution in [-0.2, 0) is 20.6 Å². The molecule has 0 spiro atoms. The van der Waals surface area contributed by atoms with Crippen LogP contribution in [0, 0.1) is 12.8 Å². The molecule has 1 aliphatic rings. The Labute approximate surface area is 151 Å². The maximum atomic E-state index is 12.7. The minimum absolute atomic E-state index is 0.0439. The van der Waals surface area contributed by atoms with Crippen molar-refractivity contribution in [2.45, 2.75) is 25.5 Å². The van der Waals surface area contributed by atoms with Crippen LogP contribution in [-0.4, -0.2) is 41.9 Å². The van der Waals surface area contributed by atoms with Crippen LogP contribution in [0.2, 0.25) is 0 Å². The van der Waals surface area contributed by atoms with E-state index >= 15 is 0 Å². The largest absolute Gasteiger partial charge is 0.300 e.